The molecule has 140 valence electrons. The minimum atomic E-state index is -0.613. The first kappa shape index (κ1) is 18.2. The molecule has 0 fully saturated rings. The summed E-state index contributed by atoms with van der Waals surface area (Å²) in [6.45, 7) is 6.20. The summed E-state index contributed by atoms with van der Waals surface area (Å²) in [7, 11) is 1.51. The van der Waals surface area contributed by atoms with E-state index in [0.717, 1.165) is 10.2 Å². The number of ether oxygens (including phenoxy) is 3. The summed E-state index contributed by atoms with van der Waals surface area (Å²) in [5.74, 6) is 0.973. The molecule has 1 aromatic heterocycles. The monoisotopic (exact) mass is 379 g/mol. The van der Waals surface area contributed by atoms with Gasteiger partial charge in [-0.3, -0.25) is 4.79 Å². The molecule has 26 heavy (non-hydrogen) atoms. The molecule has 0 radical (unpaired) electrons. The van der Waals surface area contributed by atoms with Crippen molar-refractivity contribution in [2.24, 2.45) is 0 Å². The van der Waals surface area contributed by atoms with Gasteiger partial charge in [-0.15, -0.1) is 0 Å². The summed E-state index contributed by atoms with van der Waals surface area (Å²) >= 11 is 1.33. The van der Waals surface area contributed by atoms with Crippen molar-refractivity contribution in [3.8, 4) is 11.5 Å². The van der Waals surface area contributed by atoms with Gasteiger partial charge in [0.25, 0.3) is 0 Å². The number of fused-ring (bicyclic) bond motifs is 2. The van der Waals surface area contributed by atoms with Gasteiger partial charge in [0, 0.05) is 19.2 Å². The van der Waals surface area contributed by atoms with Crippen molar-refractivity contribution in [3.63, 3.8) is 0 Å². The Morgan fingerprint density at radius 2 is 1.92 bits per heavy atom. The van der Waals surface area contributed by atoms with Crippen LogP contribution < -0.4 is 14.8 Å². The summed E-state index contributed by atoms with van der Waals surface area (Å²) < 4.78 is 17.2. The maximum atomic E-state index is 12.2. The van der Waals surface area contributed by atoms with Crippen molar-refractivity contribution in [3.05, 3.63) is 12.1 Å². The summed E-state index contributed by atoms with van der Waals surface area (Å²) in [5, 5.41) is 3.16. The van der Waals surface area contributed by atoms with Gasteiger partial charge in [0.15, 0.2) is 16.6 Å². The zero-order valence-electron chi connectivity index (χ0n) is 15.1. The zero-order valence-corrected chi connectivity index (χ0v) is 15.9. The van der Waals surface area contributed by atoms with Crippen molar-refractivity contribution in [1.29, 1.82) is 0 Å². The van der Waals surface area contributed by atoms with Crippen LogP contribution in [-0.4, -0.2) is 54.3 Å². The quantitative estimate of drug-likeness (QED) is 0.882. The van der Waals surface area contributed by atoms with E-state index < -0.39 is 11.7 Å². The maximum Gasteiger partial charge on any atom is 0.410 e. The van der Waals surface area contributed by atoms with Crippen LogP contribution in [0.1, 0.15) is 20.8 Å². The molecule has 9 heteroatoms. The molecular formula is C17H21N3O5S. The highest BCUT2D eigenvalue weighted by atomic mass is 32.1. The number of carbonyl (C=O) groups is 2. The predicted octanol–water partition coefficient (Wildman–Crippen LogP) is 2.87. The van der Waals surface area contributed by atoms with Gasteiger partial charge in [-0.1, -0.05) is 11.3 Å². The number of aromatic nitrogens is 1. The molecule has 0 saturated carbocycles. The number of nitrogens with one attached hydrogen (secondary N) is 1. The first-order chi connectivity index (χ1) is 12.2. The molecule has 0 atom stereocenters. The molecule has 2 amide bonds. The zero-order chi connectivity index (χ0) is 18.9. The molecule has 0 saturated heterocycles. The van der Waals surface area contributed by atoms with Crippen LogP contribution in [0.3, 0.4) is 0 Å². The van der Waals surface area contributed by atoms with E-state index in [9.17, 15) is 9.59 Å². The fourth-order valence-electron chi connectivity index (χ4n) is 2.30. The summed E-state index contributed by atoms with van der Waals surface area (Å²) in [6.07, 6.45) is -0.557. The second-order valence-electron chi connectivity index (χ2n) is 6.87. The normalized spacial score (nSPS) is 13.4. The summed E-state index contributed by atoms with van der Waals surface area (Å²) in [6, 6.07) is 3.65. The van der Waals surface area contributed by atoms with Crippen LogP contribution in [0.15, 0.2) is 12.1 Å². The molecule has 0 unspecified atom stereocenters. The van der Waals surface area contributed by atoms with E-state index in [0.29, 0.717) is 29.8 Å². The third kappa shape index (κ3) is 4.34. The summed E-state index contributed by atoms with van der Waals surface area (Å²) in [4.78, 5) is 29.7. The van der Waals surface area contributed by atoms with Gasteiger partial charge in [0.1, 0.15) is 25.4 Å². The van der Waals surface area contributed by atoms with Crippen LogP contribution in [0, 0.1) is 0 Å². The Bertz CT molecular complexity index is 800. The highest BCUT2D eigenvalue weighted by Crippen LogP contribution is 2.37. The van der Waals surface area contributed by atoms with E-state index in [2.05, 4.69) is 10.3 Å². The van der Waals surface area contributed by atoms with Crippen LogP contribution in [0.25, 0.3) is 10.2 Å². The molecule has 3 rings (SSSR count). The highest BCUT2D eigenvalue weighted by Gasteiger charge is 2.22. The molecule has 2 heterocycles. The average Bonchev–Trinajstić information content (AvgIpc) is 2.91. The Hall–Kier alpha value is -2.55. The van der Waals surface area contributed by atoms with Crippen molar-refractivity contribution < 1.29 is 23.8 Å². The number of hydrogen-bond acceptors (Lipinski definition) is 7. The topological polar surface area (TPSA) is 90.0 Å². The second kappa shape index (κ2) is 6.99. The van der Waals surface area contributed by atoms with Crippen LogP contribution in [0.2, 0.25) is 0 Å². The van der Waals surface area contributed by atoms with E-state index in [1.165, 1.54) is 23.3 Å². The number of rotatable bonds is 3. The van der Waals surface area contributed by atoms with E-state index >= 15 is 0 Å². The molecule has 8 nitrogen and oxygen atoms in total. The summed E-state index contributed by atoms with van der Waals surface area (Å²) in [5.41, 5.74) is 0.105. The van der Waals surface area contributed by atoms with Gasteiger partial charge in [0.2, 0.25) is 5.91 Å². The standard InChI is InChI=1S/C17H21N3O5S/c1-17(2,3)25-16(22)20(4)9-14(21)19-15-18-10-7-11-12(8-13(10)26-15)24-6-5-23-11/h7-8H,5-6,9H2,1-4H3,(H,18,19,21). The number of amides is 2. The number of carbonyl (C=O) groups excluding carboxylic acids is 2. The van der Waals surface area contributed by atoms with Gasteiger partial charge in [-0.2, -0.15) is 0 Å². The van der Waals surface area contributed by atoms with E-state index in [1.54, 1.807) is 26.8 Å². The van der Waals surface area contributed by atoms with Gasteiger partial charge >= 0.3 is 6.09 Å². The lowest BCUT2D eigenvalue weighted by Crippen LogP contribution is -2.38. The Labute approximate surface area is 155 Å². The first-order valence-electron chi connectivity index (χ1n) is 8.15. The second-order valence-corrected chi connectivity index (χ2v) is 7.90. The molecule has 1 N–H and O–H groups in total. The molecule has 2 aromatic rings. The molecular weight excluding hydrogens is 358 g/mol. The van der Waals surface area contributed by atoms with Gasteiger partial charge in [0.05, 0.1) is 10.2 Å². The highest BCUT2D eigenvalue weighted by molar-refractivity contribution is 7.22. The minimum absolute atomic E-state index is 0.131. The number of likely N-dealkylation sites (N-methyl/N-ethyl adjacent to an activating group) is 1. The lowest BCUT2D eigenvalue weighted by atomic mass is 10.2. The SMILES string of the molecule is CN(CC(=O)Nc1nc2cc3c(cc2s1)OCCO3)C(=O)OC(C)(C)C. The van der Waals surface area contributed by atoms with Crippen LogP contribution in [-0.2, 0) is 9.53 Å². The molecule has 1 aliphatic heterocycles. The number of thiazole rings is 1. The molecule has 1 aromatic carbocycles. The Balaban J connectivity index is 1.65. The van der Waals surface area contributed by atoms with Crippen molar-refractivity contribution >= 4 is 38.7 Å². The van der Waals surface area contributed by atoms with Gasteiger partial charge in [-0.05, 0) is 20.8 Å². The third-order valence-electron chi connectivity index (χ3n) is 3.38. The minimum Gasteiger partial charge on any atom is -0.486 e. The maximum absolute atomic E-state index is 12.2. The predicted molar refractivity (Wildman–Crippen MR) is 98.1 cm³/mol. The lowest BCUT2D eigenvalue weighted by Gasteiger charge is -2.24. The van der Waals surface area contributed by atoms with Crippen molar-refractivity contribution in [1.82, 2.24) is 9.88 Å². The smallest absolute Gasteiger partial charge is 0.410 e. The average molecular weight is 379 g/mol. The van der Waals surface area contributed by atoms with Gasteiger partial charge < -0.3 is 24.4 Å². The number of nitrogens with zero attached hydrogens (tertiary/aromatic N) is 2. The molecule has 0 aliphatic carbocycles. The fraction of sp³-hybridized carbons (Fsp3) is 0.471. The van der Waals surface area contributed by atoms with E-state index in [-0.39, 0.29) is 12.5 Å². The number of benzene rings is 1. The largest absolute Gasteiger partial charge is 0.486 e. The number of hydrogen-bond donors (Lipinski definition) is 1. The fourth-order valence-corrected chi connectivity index (χ4v) is 3.19. The van der Waals surface area contributed by atoms with E-state index in [1.807, 2.05) is 6.07 Å². The molecule has 1 aliphatic rings. The van der Waals surface area contributed by atoms with Crippen molar-refractivity contribution in [2.45, 2.75) is 26.4 Å². The van der Waals surface area contributed by atoms with Crippen molar-refractivity contribution in [2.75, 3.05) is 32.1 Å². The third-order valence-corrected chi connectivity index (χ3v) is 4.32. The molecule has 0 spiro atoms. The van der Waals surface area contributed by atoms with Crippen LogP contribution >= 0.6 is 11.3 Å². The molecule has 0 bridgehead atoms. The Kier molecular flexibility index (Phi) is 4.90. The van der Waals surface area contributed by atoms with E-state index in [4.69, 9.17) is 14.2 Å². The Morgan fingerprint density at radius 3 is 2.58 bits per heavy atom. The Morgan fingerprint density at radius 1 is 1.27 bits per heavy atom. The number of anilines is 1. The van der Waals surface area contributed by atoms with Crippen LogP contribution in [0.4, 0.5) is 9.93 Å². The van der Waals surface area contributed by atoms with Crippen LogP contribution in [0.5, 0.6) is 11.5 Å². The van der Waals surface area contributed by atoms with Gasteiger partial charge in [-0.25, -0.2) is 9.78 Å². The lowest BCUT2D eigenvalue weighted by molar-refractivity contribution is -0.117. The first-order valence-corrected chi connectivity index (χ1v) is 8.97.